The number of carboxylic acid groups (broad SMARTS) is 1. The number of anilines is 2. The fraction of sp³-hybridized carbons (Fsp3) is 0. The van der Waals surface area contributed by atoms with Gasteiger partial charge in [0.15, 0.2) is 0 Å². The lowest BCUT2D eigenvalue weighted by Gasteiger charge is -2.15. The van der Waals surface area contributed by atoms with Gasteiger partial charge in [0.05, 0.1) is 11.3 Å². The van der Waals surface area contributed by atoms with Gasteiger partial charge in [-0.3, -0.25) is 9.59 Å². The lowest BCUT2D eigenvalue weighted by Crippen LogP contribution is -2.32. The molecule has 1 heterocycles. The van der Waals surface area contributed by atoms with Crippen molar-refractivity contribution in [3.63, 3.8) is 0 Å². The molecular formula is C17H10Cl2N2O4. The van der Waals surface area contributed by atoms with E-state index >= 15 is 0 Å². The van der Waals surface area contributed by atoms with Crippen molar-refractivity contribution < 1.29 is 19.5 Å². The maximum absolute atomic E-state index is 12.6. The zero-order valence-electron chi connectivity index (χ0n) is 12.5. The highest BCUT2D eigenvalue weighted by Gasteiger charge is 2.39. The van der Waals surface area contributed by atoms with Gasteiger partial charge in [-0.1, -0.05) is 35.3 Å². The highest BCUT2D eigenvalue weighted by molar-refractivity contribution is 6.53. The third-order valence-corrected chi connectivity index (χ3v) is 4.06. The van der Waals surface area contributed by atoms with Crippen LogP contribution in [0.2, 0.25) is 5.02 Å². The summed E-state index contributed by atoms with van der Waals surface area (Å²) in [5, 5.41) is 11.8. The van der Waals surface area contributed by atoms with Crippen LogP contribution in [0.4, 0.5) is 11.4 Å². The second kappa shape index (κ2) is 6.58. The van der Waals surface area contributed by atoms with Crippen LogP contribution in [0.25, 0.3) is 0 Å². The average Bonchev–Trinajstić information content (AvgIpc) is 2.79. The number of aromatic carboxylic acids is 1. The topological polar surface area (TPSA) is 86.7 Å². The van der Waals surface area contributed by atoms with Crippen LogP contribution >= 0.6 is 23.2 Å². The van der Waals surface area contributed by atoms with Gasteiger partial charge in [-0.2, -0.15) is 0 Å². The number of hydrogen-bond acceptors (Lipinski definition) is 4. The van der Waals surface area contributed by atoms with Crippen LogP contribution < -0.4 is 10.2 Å². The average molecular weight is 377 g/mol. The van der Waals surface area contributed by atoms with Gasteiger partial charge < -0.3 is 10.4 Å². The van der Waals surface area contributed by atoms with Crippen LogP contribution in [-0.2, 0) is 9.59 Å². The van der Waals surface area contributed by atoms with E-state index in [1.54, 1.807) is 24.3 Å². The Balaban J connectivity index is 1.92. The number of carbonyl (C=O) groups excluding carboxylic acids is 2. The van der Waals surface area contributed by atoms with Crippen LogP contribution in [0.5, 0.6) is 0 Å². The molecule has 2 N–H and O–H groups in total. The number of carboxylic acids is 1. The predicted molar refractivity (Wildman–Crippen MR) is 93.8 cm³/mol. The summed E-state index contributed by atoms with van der Waals surface area (Å²) in [6.07, 6.45) is 0. The van der Waals surface area contributed by atoms with E-state index in [-0.39, 0.29) is 22.0 Å². The second-order valence-corrected chi connectivity index (χ2v) is 5.94. The van der Waals surface area contributed by atoms with Gasteiger partial charge in [0.1, 0.15) is 10.7 Å². The van der Waals surface area contributed by atoms with Crippen molar-refractivity contribution >= 4 is 52.4 Å². The summed E-state index contributed by atoms with van der Waals surface area (Å²) in [7, 11) is 0. The largest absolute Gasteiger partial charge is 0.478 e. The lowest BCUT2D eigenvalue weighted by molar-refractivity contribution is -0.120. The van der Waals surface area contributed by atoms with Gasteiger partial charge in [-0.15, -0.1) is 0 Å². The molecule has 3 rings (SSSR count). The molecule has 0 aromatic heterocycles. The summed E-state index contributed by atoms with van der Waals surface area (Å²) in [4.78, 5) is 36.9. The minimum absolute atomic E-state index is 0.0326. The maximum atomic E-state index is 12.6. The SMILES string of the molecule is O=C(O)c1cccc(NC2=C(Cl)C(=O)N(c3cccc(Cl)c3)C2=O)c1. The number of imide groups is 1. The first-order valence-corrected chi connectivity index (χ1v) is 7.78. The molecule has 0 aliphatic carbocycles. The fourth-order valence-electron chi connectivity index (χ4n) is 2.34. The number of nitrogens with one attached hydrogen (secondary N) is 1. The molecule has 0 unspecified atom stereocenters. The Morgan fingerprint density at radius 3 is 2.40 bits per heavy atom. The van der Waals surface area contributed by atoms with Crippen LogP contribution in [-0.4, -0.2) is 22.9 Å². The highest BCUT2D eigenvalue weighted by Crippen LogP contribution is 2.31. The summed E-state index contributed by atoms with van der Waals surface area (Å²) in [6.45, 7) is 0. The van der Waals surface area contributed by atoms with Gasteiger partial charge in [-0.25, -0.2) is 9.69 Å². The first-order chi connectivity index (χ1) is 11.9. The predicted octanol–water partition coefficient (Wildman–Crippen LogP) is 3.47. The number of amides is 2. The Kier molecular flexibility index (Phi) is 4.48. The summed E-state index contributed by atoms with van der Waals surface area (Å²) in [5.74, 6) is -2.46. The molecule has 0 atom stereocenters. The normalized spacial score (nSPS) is 14.2. The Morgan fingerprint density at radius 2 is 1.72 bits per heavy atom. The molecule has 1 aliphatic heterocycles. The molecule has 25 heavy (non-hydrogen) atoms. The van der Waals surface area contributed by atoms with Gasteiger partial charge in [-0.05, 0) is 36.4 Å². The number of carbonyl (C=O) groups is 3. The number of hydrogen-bond donors (Lipinski definition) is 2. The molecule has 0 spiro atoms. The zero-order chi connectivity index (χ0) is 18.1. The Hall–Kier alpha value is -2.83. The quantitative estimate of drug-likeness (QED) is 0.797. The molecule has 2 amide bonds. The molecule has 8 heteroatoms. The molecule has 0 bridgehead atoms. The summed E-state index contributed by atoms with van der Waals surface area (Å²) < 4.78 is 0. The van der Waals surface area contributed by atoms with E-state index < -0.39 is 17.8 Å². The molecule has 0 saturated heterocycles. The minimum Gasteiger partial charge on any atom is -0.478 e. The van der Waals surface area contributed by atoms with Crippen LogP contribution in [0.15, 0.2) is 59.3 Å². The molecule has 2 aromatic carbocycles. The van der Waals surface area contributed by atoms with Crippen LogP contribution in [0, 0.1) is 0 Å². The van der Waals surface area contributed by atoms with Crippen molar-refractivity contribution in [1.29, 1.82) is 0 Å². The first kappa shape index (κ1) is 17.0. The van der Waals surface area contributed by atoms with Crippen LogP contribution in [0.3, 0.4) is 0 Å². The molecule has 126 valence electrons. The van der Waals surface area contributed by atoms with E-state index in [0.29, 0.717) is 10.7 Å². The zero-order valence-corrected chi connectivity index (χ0v) is 14.0. The number of rotatable bonds is 4. The van der Waals surface area contributed by atoms with Crippen molar-refractivity contribution in [3.8, 4) is 0 Å². The summed E-state index contributed by atoms with van der Waals surface area (Å²) in [6, 6.07) is 12.0. The smallest absolute Gasteiger partial charge is 0.335 e. The van der Waals surface area contributed by atoms with E-state index in [0.717, 1.165) is 4.90 Å². The first-order valence-electron chi connectivity index (χ1n) is 7.03. The van der Waals surface area contributed by atoms with Crippen LogP contribution in [0.1, 0.15) is 10.4 Å². The second-order valence-electron chi connectivity index (χ2n) is 5.13. The minimum atomic E-state index is -1.11. The standard InChI is InChI=1S/C17H10Cl2N2O4/c18-10-4-2-6-12(8-10)21-15(22)13(19)14(16(21)23)20-11-5-1-3-9(7-11)17(24)25/h1-8,20H,(H,24,25). The van der Waals surface area contributed by atoms with Gasteiger partial charge in [0.2, 0.25) is 0 Å². The summed E-state index contributed by atoms with van der Waals surface area (Å²) in [5.41, 5.74) is 0.512. The molecule has 6 nitrogen and oxygen atoms in total. The van der Waals surface area contributed by atoms with E-state index in [4.69, 9.17) is 28.3 Å². The molecule has 2 aromatic rings. The van der Waals surface area contributed by atoms with Gasteiger partial charge in [0, 0.05) is 10.7 Å². The van der Waals surface area contributed by atoms with Crippen molar-refractivity contribution in [3.05, 3.63) is 69.8 Å². The fourth-order valence-corrected chi connectivity index (χ4v) is 2.73. The van der Waals surface area contributed by atoms with E-state index in [1.807, 2.05) is 0 Å². The number of nitrogens with zero attached hydrogens (tertiary/aromatic N) is 1. The maximum Gasteiger partial charge on any atom is 0.335 e. The molecule has 0 fully saturated rings. The third-order valence-electron chi connectivity index (χ3n) is 3.47. The Bertz CT molecular complexity index is 940. The molecule has 0 radical (unpaired) electrons. The molecule has 1 aliphatic rings. The monoisotopic (exact) mass is 376 g/mol. The molecular weight excluding hydrogens is 367 g/mol. The van der Waals surface area contributed by atoms with E-state index in [1.165, 1.54) is 24.3 Å². The van der Waals surface area contributed by atoms with E-state index in [9.17, 15) is 14.4 Å². The molecule has 0 saturated carbocycles. The summed E-state index contributed by atoms with van der Waals surface area (Å²) >= 11 is 11.9. The Labute approximate surface area is 152 Å². The van der Waals surface area contributed by atoms with Gasteiger partial charge in [0.25, 0.3) is 11.8 Å². The van der Waals surface area contributed by atoms with Gasteiger partial charge >= 0.3 is 5.97 Å². The Morgan fingerprint density at radius 1 is 1.00 bits per heavy atom. The van der Waals surface area contributed by atoms with Crippen molar-refractivity contribution in [2.45, 2.75) is 0 Å². The highest BCUT2D eigenvalue weighted by atomic mass is 35.5. The van der Waals surface area contributed by atoms with Crippen molar-refractivity contribution in [2.75, 3.05) is 10.2 Å². The number of benzene rings is 2. The van der Waals surface area contributed by atoms with Crippen molar-refractivity contribution in [1.82, 2.24) is 0 Å². The van der Waals surface area contributed by atoms with Crippen molar-refractivity contribution in [2.24, 2.45) is 0 Å². The third kappa shape index (κ3) is 3.22. The van der Waals surface area contributed by atoms with E-state index in [2.05, 4.69) is 5.32 Å². The number of halogens is 2. The lowest BCUT2D eigenvalue weighted by atomic mass is 10.2.